The van der Waals surface area contributed by atoms with Gasteiger partial charge in [-0.25, -0.2) is 0 Å². The van der Waals surface area contributed by atoms with Crippen LogP contribution in [0.3, 0.4) is 0 Å². The van der Waals surface area contributed by atoms with Crippen LogP contribution < -0.4 is 20.1 Å². The lowest BCUT2D eigenvalue weighted by atomic mass is 10.1. The molecule has 0 bridgehead atoms. The summed E-state index contributed by atoms with van der Waals surface area (Å²) in [6, 6.07) is 14.7. The zero-order valence-corrected chi connectivity index (χ0v) is 14.4. The number of carbonyl (C=O) groups excluding carboxylic acids is 2. The van der Waals surface area contributed by atoms with Crippen LogP contribution in [0.5, 0.6) is 11.5 Å². The van der Waals surface area contributed by atoms with Gasteiger partial charge in [-0.15, -0.1) is 0 Å². The maximum absolute atomic E-state index is 12.1. The van der Waals surface area contributed by atoms with Gasteiger partial charge in [-0.1, -0.05) is 30.3 Å². The molecule has 0 aliphatic carbocycles. The number of hydrogen-bond acceptors (Lipinski definition) is 4. The van der Waals surface area contributed by atoms with E-state index in [0.717, 1.165) is 12.0 Å². The van der Waals surface area contributed by atoms with Crippen molar-refractivity contribution in [2.75, 3.05) is 27.3 Å². The predicted molar refractivity (Wildman–Crippen MR) is 95.0 cm³/mol. The van der Waals surface area contributed by atoms with Gasteiger partial charge < -0.3 is 20.1 Å². The molecule has 0 radical (unpaired) electrons. The van der Waals surface area contributed by atoms with Gasteiger partial charge in [-0.3, -0.25) is 9.59 Å². The SMILES string of the molecule is COc1ccc(C(=O)NCC(=O)NCCc2ccccc2)cc1OC. The maximum Gasteiger partial charge on any atom is 0.251 e. The summed E-state index contributed by atoms with van der Waals surface area (Å²) >= 11 is 0. The zero-order valence-electron chi connectivity index (χ0n) is 14.4. The maximum atomic E-state index is 12.1. The average molecular weight is 342 g/mol. The highest BCUT2D eigenvalue weighted by atomic mass is 16.5. The Bertz CT molecular complexity index is 717. The first-order chi connectivity index (χ1) is 12.1. The Morgan fingerprint density at radius 3 is 2.32 bits per heavy atom. The molecule has 6 heteroatoms. The Kier molecular flexibility index (Phi) is 6.83. The molecule has 2 amide bonds. The zero-order chi connectivity index (χ0) is 18.1. The van der Waals surface area contributed by atoms with Crippen LogP contribution in [0.15, 0.2) is 48.5 Å². The Balaban J connectivity index is 1.78. The number of ether oxygens (including phenoxy) is 2. The van der Waals surface area contributed by atoms with Crippen molar-refractivity contribution in [1.82, 2.24) is 10.6 Å². The molecule has 0 aliphatic heterocycles. The second kappa shape index (κ2) is 9.32. The van der Waals surface area contributed by atoms with Gasteiger partial charge in [-0.2, -0.15) is 0 Å². The second-order valence-corrected chi connectivity index (χ2v) is 5.34. The standard InChI is InChI=1S/C19H22N2O4/c1-24-16-9-8-15(12-17(16)25-2)19(23)21-13-18(22)20-11-10-14-6-4-3-5-7-14/h3-9,12H,10-11,13H2,1-2H3,(H,20,22)(H,21,23). The summed E-state index contributed by atoms with van der Waals surface area (Å²) in [4.78, 5) is 23.9. The van der Waals surface area contributed by atoms with Gasteiger partial charge in [-0.05, 0) is 30.2 Å². The quantitative estimate of drug-likeness (QED) is 0.767. The van der Waals surface area contributed by atoms with Crippen LogP contribution in [0.4, 0.5) is 0 Å². The summed E-state index contributed by atoms with van der Waals surface area (Å²) in [5, 5.41) is 5.37. The van der Waals surface area contributed by atoms with E-state index in [1.165, 1.54) is 14.2 Å². The lowest BCUT2D eigenvalue weighted by molar-refractivity contribution is -0.120. The number of methoxy groups -OCH3 is 2. The third-order valence-electron chi connectivity index (χ3n) is 3.63. The molecule has 2 rings (SSSR count). The highest BCUT2D eigenvalue weighted by Crippen LogP contribution is 2.27. The van der Waals surface area contributed by atoms with Crippen LogP contribution >= 0.6 is 0 Å². The molecule has 6 nitrogen and oxygen atoms in total. The molecule has 0 fully saturated rings. The minimum Gasteiger partial charge on any atom is -0.493 e. The fourth-order valence-electron chi connectivity index (χ4n) is 2.29. The first kappa shape index (κ1) is 18.3. The van der Waals surface area contributed by atoms with Gasteiger partial charge in [0.05, 0.1) is 20.8 Å². The van der Waals surface area contributed by atoms with E-state index in [0.29, 0.717) is 23.6 Å². The highest BCUT2D eigenvalue weighted by Gasteiger charge is 2.11. The van der Waals surface area contributed by atoms with Crippen molar-refractivity contribution in [2.24, 2.45) is 0 Å². The van der Waals surface area contributed by atoms with Crippen LogP contribution in [0.2, 0.25) is 0 Å². The van der Waals surface area contributed by atoms with Crippen molar-refractivity contribution < 1.29 is 19.1 Å². The molecule has 2 aromatic rings. The van der Waals surface area contributed by atoms with Crippen LogP contribution in [-0.2, 0) is 11.2 Å². The average Bonchev–Trinajstić information content (AvgIpc) is 2.66. The molecule has 0 saturated heterocycles. The summed E-state index contributed by atoms with van der Waals surface area (Å²) in [5.74, 6) is 0.420. The lowest BCUT2D eigenvalue weighted by Crippen LogP contribution is -2.37. The van der Waals surface area contributed by atoms with E-state index in [1.807, 2.05) is 30.3 Å². The van der Waals surface area contributed by atoms with Crippen molar-refractivity contribution in [2.45, 2.75) is 6.42 Å². The molecule has 0 atom stereocenters. The lowest BCUT2D eigenvalue weighted by Gasteiger charge is -2.10. The van der Waals surface area contributed by atoms with Gasteiger partial charge in [0.2, 0.25) is 5.91 Å². The van der Waals surface area contributed by atoms with E-state index in [2.05, 4.69) is 10.6 Å². The number of carbonyl (C=O) groups is 2. The molecule has 0 heterocycles. The number of hydrogen-bond donors (Lipinski definition) is 2. The molecule has 2 aromatic carbocycles. The van der Waals surface area contributed by atoms with Crippen molar-refractivity contribution in [3.05, 3.63) is 59.7 Å². The third-order valence-corrected chi connectivity index (χ3v) is 3.63. The normalized spacial score (nSPS) is 10.0. The predicted octanol–water partition coefficient (Wildman–Crippen LogP) is 1.79. The van der Waals surface area contributed by atoms with Crippen LogP contribution in [0.1, 0.15) is 15.9 Å². The van der Waals surface area contributed by atoms with Crippen LogP contribution in [0.25, 0.3) is 0 Å². The molecule has 0 aromatic heterocycles. The summed E-state index contributed by atoms with van der Waals surface area (Å²) in [6.07, 6.45) is 0.746. The molecular formula is C19H22N2O4. The number of amides is 2. The van der Waals surface area contributed by atoms with Gasteiger partial charge in [0.25, 0.3) is 5.91 Å². The van der Waals surface area contributed by atoms with E-state index < -0.39 is 0 Å². The third kappa shape index (κ3) is 5.53. The number of rotatable bonds is 8. The second-order valence-electron chi connectivity index (χ2n) is 5.34. The summed E-state index contributed by atoms with van der Waals surface area (Å²) < 4.78 is 10.3. The van der Waals surface area contributed by atoms with Gasteiger partial charge >= 0.3 is 0 Å². The van der Waals surface area contributed by atoms with E-state index in [4.69, 9.17) is 9.47 Å². The Labute approximate surface area is 147 Å². The van der Waals surface area contributed by atoms with E-state index in [-0.39, 0.29) is 18.4 Å². The number of nitrogens with one attached hydrogen (secondary N) is 2. The molecule has 0 unspecified atom stereocenters. The fourth-order valence-corrected chi connectivity index (χ4v) is 2.29. The topological polar surface area (TPSA) is 76.7 Å². The van der Waals surface area contributed by atoms with Crippen molar-refractivity contribution in [3.63, 3.8) is 0 Å². The highest BCUT2D eigenvalue weighted by molar-refractivity contribution is 5.97. The summed E-state index contributed by atoms with van der Waals surface area (Å²) in [7, 11) is 3.02. The Morgan fingerprint density at radius 1 is 0.920 bits per heavy atom. The Morgan fingerprint density at radius 2 is 1.64 bits per heavy atom. The number of benzene rings is 2. The van der Waals surface area contributed by atoms with E-state index in [9.17, 15) is 9.59 Å². The first-order valence-corrected chi connectivity index (χ1v) is 7.95. The minimum absolute atomic E-state index is 0.0814. The van der Waals surface area contributed by atoms with Gasteiger partial charge in [0.1, 0.15) is 0 Å². The monoisotopic (exact) mass is 342 g/mol. The Hall–Kier alpha value is -3.02. The summed E-state index contributed by atoms with van der Waals surface area (Å²) in [6.45, 7) is 0.442. The molecule has 0 saturated carbocycles. The fraction of sp³-hybridized carbons (Fsp3) is 0.263. The van der Waals surface area contributed by atoms with Crippen LogP contribution in [0, 0.1) is 0 Å². The molecule has 0 aliphatic rings. The first-order valence-electron chi connectivity index (χ1n) is 7.95. The van der Waals surface area contributed by atoms with Crippen molar-refractivity contribution in [1.29, 1.82) is 0 Å². The van der Waals surface area contributed by atoms with Gasteiger partial charge in [0, 0.05) is 12.1 Å². The molecular weight excluding hydrogens is 320 g/mol. The largest absolute Gasteiger partial charge is 0.493 e. The van der Waals surface area contributed by atoms with E-state index in [1.54, 1.807) is 18.2 Å². The minimum atomic E-state index is -0.348. The molecule has 25 heavy (non-hydrogen) atoms. The van der Waals surface area contributed by atoms with Crippen molar-refractivity contribution >= 4 is 11.8 Å². The molecule has 0 spiro atoms. The van der Waals surface area contributed by atoms with Gasteiger partial charge in [0.15, 0.2) is 11.5 Å². The van der Waals surface area contributed by atoms with Crippen molar-refractivity contribution in [3.8, 4) is 11.5 Å². The summed E-state index contributed by atoms with van der Waals surface area (Å²) in [5.41, 5.74) is 1.55. The smallest absolute Gasteiger partial charge is 0.251 e. The molecule has 2 N–H and O–H groups in total. The molecule has 132 valence electrons. The van der Waals surface area contributed by atoms with E-state index >= 15 is 0 Å². The van der Waals surface area contributed by atoms with Crippen LogP contribution in [-0.4, -0.2) is 39.1 Å².